The molecule has 0 unspecified atom stereocenters. The maximum atomic E-state index is 10.9. The maximum Gasteiger partial charge on any atom is 0.240 e. The van der Waals surface area contributed by atoms with Crippen LogP contribution in [0.15, 0.2) is 0 Å². The zero-order chi connectivity index (χ0) is 9.72. The molecule has 0 bridgehead atoms. The van der Waals surface area contributed by atoms with Crippen LogP contribution in [-0.4, -0.2) is 17.9 Å². The van der Waals surface area contributed by atoms with Gasteiger partial charge in [0, 0.05) is 6.42 Å². The minimum Gasteiger partial charge on any atom is -0.368 e. The van der Waals surface area contributed by atoms with Crippen molar-refractivity contribution in [2.45, 2.75) is 33.2 Å². The quantitative estimate of drug-likeness (QED) is 0.627. The molecule has 0 rings (SSSR count). The Morgan fingerprint density at radius 1 is 1.42 bits per heavy atom. The monoisotopic (exact) mass is 172 g/mol. The van der Waals surface area contributed by atoms with Gasteiger partial charge in [0.05, 0.1) is 0 Å². The Bertz CT molecular complexity index is 178. The summed E-state index contributed by atoms with van der Waals surface area (Å²) in [5, 5.41) is 2.55. The van der Waals surface area contributed by atoms with E-state index in [1.165, 1.54) is 0 Å². The lowest BCUT2D eigenvalue weighted by Gasteiger charge is -2.18. The van der Waals surface area contributed by atoms with Crippen molar-refractivity contribution < 1.29 is 9.59 Å². The third-order valence-electron chi connectivity index (χ3n) is 1.61. The topological polar surface area (TPSA) is 72.2 Å². The zero-order valence-electron chi connectivity index (χ0n) is 7.76. The smallest absolute Gasteiger partial charge is 0.240 e. The molecule has 0 saturated heterocycles. The molecule has 0 saturated carbocycles. The van der Waals surface area contributed by atoms with Gasteiger partial charge in [0.15, 0.2) is 0 Å². The number of hydrogen-bond donors (Lipinski definition) is 2. The van der Waals surface area contributed by atoms with Crippen molar-refractivity contribution in [3.63, 3.8) is 0 Å². The van der Waals surface area contributed by atoms with E-state index in [-0.39, 0.29) is 11.8 Å². The molecule has 0 aromatic carbocycles. The molecule has 12 heavy (non-hydrogen) atoms. The third kappa shape index (κ3) is 3.37. The summed E-state index contributed by atoms with van der Waals surface area (Å²) in [4.78, 5) is 21.7. The molecule has 4 heteroatoms. The summed E-state index contributed by atoms with van der Waals surface area (Å²) in [5.41, 5.74) is 5.09. The van der Waals surface area contributed by atoms with Crippen LogP contribution < -0.4 is 11.1 Å². The van der Waals surface area contributed by atoms with Gasteiger partial charge >= 0.3 is 0 Å². The number of rotatable bonds is 4. The lowest BCUT2D eigenvalue weighted by Crippen LogP contribution is -2.47. The van der Waals surface area contributed by atoms with Crippen LogP contribution in [0.25, 0.3) is 0 Å². The molecule has 0 heterocycles. The lowest BCUT2D eigenvalue weighted by molar-refractivity contribution is -0.128. The molecule has 0 aromatic rings. The van der Waals surface area contributed by atoms with Crippen molar-refractivity contribution in [3.05, 3.63) is 0 Å². The molecule has 70 valence electrons. The van der Waals surface area contributed by atoms with Gasteiger partial charge in [-0.05, 0) is 5.92 Å². The fourth-order valence-electron chi connectivity index (χ4n) is 0.842. The molecular formula is C8H16N2O2. The van der Waals surface area contributed by atoms with Gasteiger partial charge in [-0.3, -0.25) is 9.59 Å². The highest BCUT2D eigenvalue weighted by Gasteiger charge is 2.20. The summed E-state index contributed by atoms with van der Waals surface area (Å²) in [6, 6.07) is -0.544. The summed E-state index contributed by atoms with van der Waals surface area (Å²) < 4.78 is 0. The summed E-state index contributed by atoms with van der Waals surface area (Å²) in [6.07, 6.45) is 0.372. The molecule has 0 aliphatic heterocycles. The van der Waals surface area contributed by atoms with E-state index in [1.54, 1.807) is 6.92 Å². The van der Waals surface area contributed by atoms with Crippen LogP contribution in [-0.2, 0) is 9.59 Å². The number of nitrogens with one attached hydrogen (secondary N) is 1. The predicted molar refractivity (Wildman–Crippen MR) is 46.3 cm³/mol. The number of hydrogen-bond acceptors (Lipinski definition) is 2. The van der Waals surface area contributed by atoms with Crippen LogP contribution in [0.4, 0.5) is 0 Å². The standard InChI is InChI=1S/C8H16N2O2/c1-4-6(11)10-7(5(2)3)8(9)12/h5,7H,4H2,1-3H3,(H2,9,12)(H,10,11)/t7-/m0/s1. The Morgan fingerprint density at radius 2 is 1.92 bits per heavy atom. The van der Waals surface area contributed by atoms with Gasteiger partial charge in [-0.1, -0.05) is 20.8 Å². The number of nitrogens with two attached hydrogens (primary N) is 1. The first-order chi connectivity index (χ1) is 5.49. The van der Waals surface area contributed by atoms with Gasteiger partial charge in [-0.2, -0.15) is 0 Å². The van der Waals surface area contributed by atoms with Crippen LogP contribution in [0.5, 0.6) is 0 Å². The number of primary amides is 1. The molecular weight excluding hydrogens is 156 g/mol. The van der Waals surface area contributed by atoms with Crippen molar-refractivity contribution in [3.8, 4) is 0 Å². The normalized spacial score (nSPS) is 12.7. The first kappa shape index (κ1) is 10.9. The van der Waals surface area contributed by atoms with E-state index in [9.17, 15) is 9.59 Å². The van der Waals surface area contributed by atoms with E-state index in [0.717, 1.165) is 0 Å². The highest BCUT2D eigenvalue weighted by molar-refractivity contribution is 5.86. The van der Waals surface area contributed by atoms with Gasteiger partial charge in [0.25, 0.3) is 0 Å². The van der Waals surface area contributed by atoms with Gasteiger partial charge in [-0.25, -0.2) is 0 Å². The highest BCUT2D eigenvalue weighted by Crippen LogP contribution is 2.00. The predicted octanol–water partition coefficient (Wildman–Crippen LogP) is 0.0225. The molecule has 2 amide bonds. The van der Waals surface area contributed by atoms with Gasteiger partial charge in [-0.15, -0.1) is 0 Å². The largest absolute Gasteiger partial charge is 0.368 e. The summed E-state index contributed by atoms with van der Waals surface area (Å²) in [6.45, 7) is 5.41. The number of carbonyl (C=O) groups is 2. The molecule has 0 aliphatic carbocycles. The van der Waals surface area contributed by atoms with Crippen molar-refractivity contribution in [1.82, 2.24) is 5.32 Å². The van der Waals surface area contributed by atoms with Crippen LogP contribution in [0.3, 0.4) is 0 Å². The van der Waals surface area contributed by atoms with E-state index in [2.05, 4.69) is 5.32 Å². The Kier molecular flexibility index (Phi) is 4.33. The molecule has 0 radical (unpaired) electrons. The van der Waals surface area contributed by atoms with E-state index in [4.69, 9.17) is 5.73 Å². The average molecular weight is 172 g/mol. The molecule has 0 aromatic heterocycles. The second-order valence-corrected chi connectivity index (χ2v) is 3.05. The minimum absolute atomic E-state index is 0.0398. The summed E-state index contributed by atoms with van der Waals surface area (Å²) in [5.74, 6) is -0.586. The van der Waals surface area contributed by atoms with Crippen LogP contribution in [0.1, 0.15) is 27.2 Å². The van der Waals surface area contributed by atoms with Crippen LogP contribution in [0, 0.1) is 5.92 Å². The van der Waals surface area contributed by atoms with Gasteiger partial charge in [0.1, 0.15) is 6.04 Å². The number of amides is 2. The van der Waals surface area contributed by atoms with Crippen LogP contribution >= 0.6 is 0 Å². The maximum absolute atomic E-state index is 10.9. The second-order valence-electron chi connectivity index (χ2n) is 3.05. The fourth-order valence-corrected chi connectivity index (χ4v) is 0.842. The fraction of sp³-hybridized carbons (Fsp3) is 0.750. The Morgan fingerprint density at radius 3 is 2.17 bits per heavy atom. The summed E-state index contributed by atoms with van der Waals surface area (Å²) >= 11 is 0. The highest BCUT2D eigenvalue weighted by atomic mass is 16.2. The summed E-state index contributed by atoms with van der Waals surface area (Å²) in [7, 11) is 0. The molecule has 0 aliphatic rings. The average Bonchev–Trinajstić information content (AvgIpc) is 1.98. The second kappa shape index (κ2) is 4.74. The van der Waals surface area contributed by atoms with E-state index >= 15 is 0 Å². The molecule has 1 atom stereocenters. The van der Waals surface area contributed by atoms with Gasteiger partial charge in [0.2, 0.25) is 11.8 Å². The van der Waals surface area contributed by atoms with Crippen molar-refractivity contribution in [1.29, 1.82) is 0 Å². The number of carbonyl (C=O) groups excluding carboxylic acids is 2. The minimum atomic E-state index is -0.544. The zero-order valence-corrected chi connectivity index (χ0v) is 7.76. The first-order valence-electron chi connectivity index (χ1n) is 4.07. The molecule has 0 fully saturated rings. The van der Waals surface area contributed by atoms with E-state index in [0.29, 0.717) is 6.42 Å². The lowest BCUT2D eigenvalue weighted by atomic mass is 10.0. The van der Waals surface area contributed by atoms with Gasteiger partial charge < -0.3 is 11.1 Å². The Balaban J connectivity index is 4.14. The van der Waals surface area contributed by atoms with Crippen LogP contribution in [0.2, 0.25) is 0 Å². The molecule has 3 N–H and O–H groups in total. The first-order valence-corrected chi connectivity index (χ1v) is 4.07. The molecule has 4 nitrogen and oxygen atoms in total. The third-order valence-corrected chi connectivity index (χ3v) is 1.61. The van der Waals surface area contributed by atoms with E-state index in [1.807, 2.05) is 13.8 Å². The Hall–Kier alpha value is -1.06. The van der Waals surface area contributed by atoms with Crippen molar-refractivity contribution in [2.75, 3.05) is 0 Å². The van der Waals surface area contributed by atoms with E-state index < -0.39 is 11.9 Å². The van der Waals surface area contributed by atoms with Crippen molar-refractivity contribution in [2.24, 2.45) is 11.7 Å². The Labute approximate surface area is 72.5 Å². The SMILES string of the molecule is CCC(=O)N[C@H](C(N)=O)C(C)C. The van der Waals surface area contributed by atoms with Crippen molar-refractivity contribution >= 4 is 11.8 Å². The molecule has 0 spiro atoms.